The highest BCUT2D eigenvalue weighted by Gasteiger charge is 2.50. The van der Waals surface area contributed by atoms with Gasteiger partial charge in [-0.25, -0.2) is 9.59 Å². The number of phenolic OH excluding ortho intramolecular Hbond substituents is 1. The number of hydrogen-bond acceptors (Lipinski definition) is 3. The number of nitrogens with zero attached hydrogens (tertiary/aromatic N) is 2. The van der Waals surface area contributed by atoms with Crippen molar-refractivity contribution in [3.63, 3.8) is 0 Å². The lowest BCUT2D eigenvalue weighted by Crippen LogP contribution is -2.71. The van der Waals surface area contributed by atoms with Gasteiger partial charge in [-0.05, 0) is 13.0 Å². The third-order valence-electron chi connectivity index (χ3n) is 4.66. The molecular formula is C15H20N4O3. The van der Waals surface area contributed by atoms with E-state index < -0.39 is 6.17 Å². The van der Waals surface area contributed by atoms with Crippen LogP contribution in [0.15, 0.2) is 24.3 Å². The number of aromatic hydroxyl groups is 1. The first-order valence-corrected chi connectivity index (χ1v) is 7.26. The molecule has 2 aliphatic rings. The van der Waals surface area contributed by atoms with Crippen molar-refractivity contribution < 1.29 is 14.7 Å². The van der Waals surface area contributed by atoms with E-state index in [1.165, 1.54) is 4.90 Å². The van der Waals surface area contributed by atoms with Crippen molar-refractivity contribution in [3.05, 3.63) is 29.8 Å². The molecule has 2 saturated heterocycles. The molecule has 4 atom stereocenters. The van der Waals surface area contributed by atoms with Gasteiger partial charge in [-0.1, -0.05) is 18.2 Å². The Kier molecular flexibility index (Phi) is 3.35. The van der Waals surface area contributed by atoms with E-state index in [4.69, 9.17) is 0 Å². The predicted octanol–water partition coefficient (Wildman–Crippen LogP) is 1.07. The number of carbonyl (C=O) groups excluding carboxylic acids is 2. The van der Waals surface area contributed by atoms with Gasteiger partial charge in [0, 0.05) is 31.6 Å². The van der Waals surface area contributed by atoms with Crippen molar-refractivity contribution in [2.75, 3.05) is 14.1 Å². The lowest BCUT2D eigenvalue weighted by atomic mass is 9.81. The highest BCUT2D eigenvalue weighted by molar-refractivity contribution is 5.80. The summed E-state index contributed by atoms with van der Waals surface area (Å²) in [6, 6.07) is 6.07. The van der Waals surface area contributed by atoms with Gasteiger partial charge in [0.15, 0.2) is 0 Å². The fourth-order valence-electron chi connectivity index (χ4n) is 3.46. The van der Waals surface area contributed by atoms with E-state index in [1.54, 1.807) is 31.1 Å². The van der Waals surface area contributed by atoms with Crippen LogP contribution in [-0.4, -0.2) is 53.3 Å². The van der Waals surface area contributed by atoms with E-state index in [1.807, 2.05) is 19.1 Å². The Morgan fingerprint density at radius 1 is 1.05 bits per heavy atom. The van der Waals surface area contributed by atoms with Crippen LogP contribution in [0.3, 0.4) is 0 Å². The zero-order chi connectivity index (χ0) is 16.0. The highest BCUT2D eigenvalue weighted by Crippen LogP contribution is 2.41. The normalized spacial score (nSPS) is 31.4. The number of nitrogens with one attached hydrogen (secondary N) is 2. The van der Waals surface area contributed by atoms with Crippen molar-refractivity contribution in [2.24, 2.45) is 5.92 Å². The van der Waals surface area contributed by atoms with E-state index in [0.29, 0.717) is 5.56 Å². The Morgan fingerprint density at radius 3 is 2.36 bits per heavy atom. The molecule has 3 rings (SSSR count). The molecule has 0 aliphatic carbocycles. The molecular weight excluding hydrogens is 284 g/mol. The van der Waals surface area contributed by atoms with Gasteiger partial charge >= 0.3 is 12.1 Å². The zero-order valence-corrected chi connectivity index (χ0v) is 12.8. The number of fused-ring (bicyclic) bond motifs is 1. The molecule has 7 heteroatoms. The average Bonchev–Trinajstić information content (AvgIpc) is 2.48. The van der Waals surface area contributed by atoms with E-state index >= 15 is 0 Å². The minimum atomic E-state index is -0.406. The molecule has 2 fully saturated rings. The maximum atomic E-state index is 12.3. The number of phenols is 1. The average molecular weight is 304 g/mol. The second-order valence-electron chi connectivity index (χ2n) is 5.94. The molecule has 0 saturated carbocycles. The number of urea groups is 2. The van der Waals surface area contributed by atoms with E-state index in [-0.39, 0.29) is 35.8 Å². The Balaban J connectivity index is 2.08. The largest absolute Gasteiger partial charge is 0.508 e. The molecule has 7 nitrogen and oxygen atoms in total. The second kappa shape index (κ2) is 5.08. The number of hydrogen-bond donors (Lipinski definition) is 3. The Labute approximate surface area is 128 Å². The van der Waals surface area contributed by atoms with Crippen molar-refractivity contribution in [1.82, 2.24) is 20.4 Å². The van der Waals surface area contributed by atoms with Crippen LogP contribution in [0.1, 0.15) is 18.5 Å². The maximum Gasteiger partial charge on any atom is 0.319 e. The molecule has 1 aromatic rings. The molecule has 118 valence electrons. The number of benzene rings is 1. The van der Waals surface area contributed by atoms with Crippen LogP contribution in [-0.2, 0) is 0 Å². The van der Waals surface area contributed by atoms with Gasteiger partial charge in [0.25, 0.3) is 0 Å². The van der Waals surface area contributed by atoms with Gasteiger partial charge in [0.05, 0.1) is 6.04 Å². The molecule has 0 radical (unpaired) electrons. The van der Waals surface area contributed by atoms with Crippen LogP contribution < -0.4 is 10.6 Å². The Bertz CT molecular complexity index is 621. The monoisotopic (exact) mass is 304 g/mol. The Morgan fingerprint density at radius 2 is 1.68 bits per heavy atom. The summed E-state index contributed by atoms with van der Waals surface area (Å²) in [6.45, 7) is 1.92. The SMILES string of the molecule is CC1NC(=O)N(C)[C@@H]2NC(=O)N(C)C(c3ccccc3O)[C@H]12. The van der Waals surface area contributed by atoms with Crippen LogP contribution in [0, 0.1) is 5.92 Å². The molecule has 2 heterocycles. The molecule has 3 N–H and O–H groups in total. The minimum Gasteiger partial charge on any atom is -0.508 e. The van der Waals surface area contributed by atoms with Crippen LogP contribution in [0.5, 0.6) is 5.75 Å². The molecule has 0 bridgehead atoms. The van der Waals surface area contributed by atoms with Crippen LogP contribution in [0.25, 0.3) is 0 Å². The summed E-state index contributed by atoms with van der Waals surface area (Å²) >= 11 is 0. The number of carbonyl (C=O) groups is 2. The predicted molar refractivity (Wildman–Crippen MR) is 80.2 cm³/mol. The molecule has 1 aromatic carbocycles. The van der Waals surface area contributed by atoms with Gasteiger partial charge < -0.3 is 25.5 Å². The Hall–Kier alpha value is -2.44. The third-order valence-corrected chi connectivity index (χ3v) is 4.66. The smallest absolute Gasteiger partial charge is 0.319 e. The van der Waals surface area contributed by atoms with Crippen LogP contribution in [0.2, 0.25) is 0 Å². The van der Waals surface area contributed by atoms with Gasteiger partial charge in [-0.2, -0.15) is 0 Å². The van der Waals surface area contributed by atoms with Crippen LogP contribution >= 0.6 is 0 Å². The summed E-state index contributed by atoms with van der Waals surface area (Å²) in [5.74, 6) is 0.0678. The summed E-state index contributed by atoms with van der Waals surface area (Å²) in [5.41, 5.74) is 0.686. The highest BCUT2D eigenvalue weighted by atomic mass is 16.3. The van der Waals surface area contributed by atoms with Gasteiger partial charge in [-0.3, -0.25) is 0 Å². The first-order valence-electron chi connectivity index (χ1n) is 7.26. The second-order valence-corrected chi connectivity index (χ2v) is 5.94. The summed E-state index contributed by atoms with van der Waals surface area (Å²) in [4.78, 5) is 27.3. The fourth-order valence-corrected chi connectivity index (χ4v) is 3.46. The van der Waals surface area contributed by atoms with Gasteiger partial charge in [0.1, 0.15) is 11.9 Å². The first-order chi connectivity index (χ1) is 10.4. The minimum absolute atomic E-state index is 0.0845. The lowest BCUT2D eigenvalue weighted by Gasteiger charge is -2.52. The van der Waals surface area contributed by atoms with Crippen molar-refractivity contribution >= 4 is 12.1 Å². The topological polar surface area (TPSA) is 84.9 Å². The van der Waals surface area contributed by atoms with Gasteiger partial charge in [0.2, 0.25) is 0 Å². The number of para-hydroxylation sites is 1. The van der Waals surface area contributed by atoms with Crippen molar-refractivity contribution in [3.8, 4) is 5.75 Å². The van der Waals surface area contributed by atoms with E-state index in [0.717, 1.165) is 0 Å². The molecule has 0 spiro atoms. The maximum absolute atomic E-state index is 12.3. The molecule has 2 unspecified atom stereocenters. The van der Waals surface area contributed by atoms with Gasteiger partial charge in [-0.15, -0.1) is 0 Å². The lowest BCUT2D eigenvalue weighted by molar-refractivity contribution is 0.0241. The third kappa shape index (κ3) is 2.04. The summed E-state index contributed by atoms with van der Waals surface area (Å²) in [5, 5.41) is 16.0. The summed E-state index contributed by atoms with van der Waals surface area (Å²) in [6.07, 6.45) is -0.406. The summed E-state index contributed by atoms with van der Waals surface area (Å²) < 4.78 is 0. The molecule has 0 aromatic heterocycles. The van der Waals surface area contributed by atoms with Crippen molar-refractivity contribution in [2.45, 2.75) is 25.2 Å². The summed E-state index contributed by atoms with van der Waals surface area (Å²) in [7, 11) is 3.36. The molecule has 2 aliphatic heterocycles. The first kappa shape index (κ1) is 14.5. The standard InChI is InChI=1S/C15H20N4O3/c1-8-11-12(9-6-4-5-7-10(9)20)18(2)15(22)17-13(11)19(3)14(21)16-8/h4-8,11-13,20H,1-3H3,(H,16,21)(H,17,22)/t8?,11-,12?,13-/m0/s1. The molecule has 22 heavy (non-hydrogen) atoms. The van der Waals surface area contributed by atoms with E-state index in [9.17, 15) is 14.7 Å². The zero-order valence-electron chi connectivity index (χ0n) is 12.8. The molecule has 4 amide bonds. The van der Waals surface area contributed by atoms with E-state index in [2.05, 4.69) is 10.6 Å². The van der Waals surface area contributed by atoms with Crippen molar-refractivity contribution in [1.29, 1.82) is 0 Å². The van der Waals surface area contributed by atoms with Crippen LogP contribution in [0.4, 0.5) is 9.59 Å². The quantitative estimate of drug-likeness (QED) is 0.725. The fraction of sp³-hybridized carbons (Fsp3) is 0.467. The number of rotatable bonds is 1. The number of amides is 4.